The van der Waals surface area contributed by atoms with Crippen molar-refractivity contribution in [2.45, 2.75) is 38.3 Å². The third kappa shape index (κ3) is 2.63. The average molecular weight is 218 g/mol. The monoisotopic (exact) mass is 218 g/mol. The summed E-state index contributed by atoms with van der Waals surface area (Å²) in [6.45, 7) is 3.07. The molecule has 88 valence electrons. The van der Waals surface area contributed by atoms with Crippen LogP contribution in [0.15, 0.2) is 24.3 Å². The van der Waals surface area contributed by atoms with E-state index in [1.807, 2.05) is 0 Å². The Morgan fingerprint density at radius 2 is 2.06 bits per heavy atom. The lowest BCUT2D eigenvalue weighted by atomic mass is 9.87. The third-order valence-electron chi connectivity index (χ3n) is 3.52. The van der Waals surface area contributed by atoms with Crippen LogP contribution >= 0.6 is 0 Å². The lowest BCUT2D eigenvalue weighted by Crippen LogP contribution is -2.42. The molecule has 2 unspecified atom stereocenters. The highest BCUT2D eigenvalue weighted by Gasteiger charge is 2.21. The Hall–Kier alpha value is -0.860. The van der Waals surface area contributed by atoms with Gasteiger partial charge in [0, 0.05) is 18.6 Å². The van der Waals surface area contributed by atoms with Crippen LogP contribution in [-0.2, 0) is 12.8 Å². The number of aryl methyl sites for hydroxylation is 1. The van der Waals surface area contributed by atoms with Crippen molar-refractivity contribution in [2.75, 3.05) is 13.6 Å². The molecule has 0 aliphatic heterocycles. The number of fused-ring (bicyclic) bond motifs is 1. The fraction of sp³-hybridized carbons (Fsp3) is 0.571. The molecule has 1 aromatic rings. The highest BCUT2D eigenvalue weighted by Crippen LogP contribution is 2.23. The normalized spacial score (nSPS) is 21.9. The molecule has 2 atom stereocenters. The number of hydrogen-bond acceptors (Lipinski definition) is 2. The molecular weight excluding hydrogens is 196 g/mol. The Morgan fingerprint density at radius 3 is 2.75 bits per heavy atom. The summed E-state index contributed by atoms with van der Waals surface area (Å²) < 4.78 is 0. The molecule has 0 fully saturated rings. The van der Waals surface area contributed by atoms with Gasteiger partial charge in [0.2, 0.25) is 0 Å². The molecule has 0 radical (unpaired) electrons. The molecule has 1 aliphatic carbocycles. The van der Waals surface area contributed by atoms with Gasteiger partial charge in [-0.2, -0.15) is 0 Å². The molecule has 2 nitrogen and oxygen atoms in total. The molecule has 0 spiro atoms. The van der Waals surface area contributed by atoms with E-state index in [1.54, 1.807) is 0 Å². The van der Waals surface area contributed by atoms with Gasteiger partial charge in [-0.15, -0.1) is 0 Å². The first-order chi connectivity index (χ1) is 7.66. The minimum atomic E-state index is 0.266. The van der Waals surface area contributed by atoms with Crippen molar-refractivity contribution in [3.63, 3.8) is 0 Å². The number of nitrogens with two attached hydrogens (primary N) is 1. The second kappa shape index (κ2) is 4.98. The van der Waals surface area contributed by atoms with Gasteiger partial charge in [0.05, 0.1) is 0 Å². The van der Waals surface area contributed by atoms with Gasteiger partial charge in [-0.25, -0.2) is 0 Å². The van der Waals surface area contributed by atoms with Crippen molar-refractivity contribution in [1.29, 1.82) is 0 Å². The fourth-order valence-corrected chi connectivity index (χ4v) is 2.66. The summed E-state index contributed by atoms with van der Waals surface area (Å²) in [5.74, 6) is 0. The summed E-state index contributed by atoms with van der Waals surface area (Å²) in [7, 11) is 2.20. The van der Waals surface area contributed by atoms with Crippen LogP contribution in [0.4, 0.5) is 0 Å². The Labute approximate surface area is 98.4 Å². The van der Waals surface area contributed by atoms with Gasteiger partial charge >= 0.3 is 0 Å². The van der Waals surface area contributed by atoms with Crippen LogP contribution in [0.5, 0.6) is 0 Å². The van der Waals surface area contributed by atoms with Crippen molar-refractivity contribution >= 4 is 0 Å². The van der Waals surface area contributed by atoms with Gasteiger partial charge in [-0.05, 0) is 44.4 Å². The highest BCUT2D eigenvalue weighted by atomic mass is 15.1. The summed E-state index contributed by atoms with van der Waals surface area (Å²) >= 11 is 0. The van der Waals surface area contributed by atoms with Crippen LogP contribution in [0.2, 0.25) is 0 Å². The first-order valence-electron chi connectivity index (χ1n) is 6.19. The molecule has 0 aromatic heterocycles. The number of nitrogens with zero attached hydrogens (tertiary/aromatic N) is 1. The summed E-state index contributed by atoms with van der Waals surface area (Å²) in [5.41, 5.74) is 8.91. The maximum absolute atomic E-state index is 5.85. The Balaban J connectivity index is 2.02. The molecule has 0 saturated heterocycles. The van der Waals surface area contributed by atoms with Crippen molar-refractivity contribution in [3.8, 4) is 0 Å². The Kier molecular flexibility index (Phi) is 3.62. The summed E-state index contributed by atoms with van der Waals surface area (Å²) in [6.07, 6.45) is 3.66. The first kappa shape index (κ1) is 11.6. The van der Waals surface area contributed by atoms with Gasteiger partial charge < -0.3 is 10.6 Å². The molecule has 0 bridgehead atoms. The van der Waals surface area contributed by atoms with Gasteiger partial charge in [-0.1, -0.05) is 24.3 Å². The molecular formula is C14H22N2. The van der Waals surface area contributed by atoms with Gasteiger partial charge in [0.15, 0.2) is 0 Å². The topological polar surface area (TPSA) is 29.3 Å². The summed E-state index contributed by atoms with van der Waals surface area (Å²) in [6, 6.07) is 9.75. The fourth-order valence-electron chi connectivity index (χ4n) is 2.66. The molecule has 0 amide bonds. The van der Waals surface area contributed by atoms with Crippen molar-refractivity contribution in [2.24, 2.45) is 5.73 Å². The minimum absolute atomic E-state index is 0.266. The lowest BCUT2D eigenvalue weighted by Gasteiger charge is -2.33. The van der Waals surface area contributed by atoms with Crippen LogP contribution in [-0.4, -0.2) is 30.6 Å². The quantitative estimate of drug-likeness (QED) is 0.838. The molecule has 16 heavy (non-hydrogen) atoms. The van der Waals surface area contributed by atoms with Gasteiger partial charge in [0.1, 0.15) is 0 Å². The number of hydrogen-bond donors (Lipinski definition) is 1. The van der Waals surface area contributed by atoms with E-state index in [1.165, 1.54) is 30.4 Å². The van der Waals surface area contributed by atoms with Crippen molar-refractivity contribution < 1.29 is 0 Å². The molecule has 1 aliphatic rings. The molecule has 2 rings (SSSR count). The maximum atomic E-state index is 5.85. The molecule has 2 heteroatoms. The molecule has 0 saturated carbocycles. The summed E-state index contributed by atoms with van der Waals surface area (Å²) in [4.78, 5) is 2.42. The van der Waals surface area contributed by atoms with Gasteiger partial charge in [0.25, 0.3) is 0 Å². The van der Waals surface area contributed by atoms with E-state index in [2.05, 4.69) is 43.1 Å². The van der Waals surface area contributed by atoms with Crippen LogP contribution in [0, 0.1) is 0 Å². The van der Waals surface area contributed by atoms with E-state index in [-0.39, 0.29) is 6.04 Å². The van der Waals surface area contributed by atoms with Crippen LogP contribution in [0.1, 0.15) is 24.5 Å². The predicted octanol–water partition coefficient (Wildman–Crippen LogP) is 1.82. The SMILES string of the molecule is CC(N)CN(C)C1CCc2ccccc2C1. The van der Waals surface area contributed by atoms with Crippen LogP contribution in [0.3, 0.4) is 0 Å². The van der Waals surface area contributed by atoms with Crippen molar-refractivity contribution in [3.05, 3.63) is 35.4 Å². The van der Waals surface area contributed by atoms with E-state index < -0.39 is 0 Å². The zero-order chi connectivity index (χ0) is 11.5. The van der Waals surface area contributed by atoms with E-state index in [9.17, 15) is 0 Å². The Bertz CT molecular complexity index is 346. The van der Waals surface area contributed by atoms with E-state index in [4.69, 9.17) is 5.73 Å². The van der Waals surface area contributed by atoms with Crippen molar-refractivity contribution in [1.82, 2.24) is 4.90 Å². The lowest BCUT2D eigenvalue weighted by molar-refractivity contribution is 0.213. The number of rotatable bonds is 3. The predicted molar refractivity (Wildman–Crippen MR) is 68.5 cm³/mol. The average Bonchev–Trinajstić information content (AvgIpc) is 2.27. The second-order valence-electron chi connectivity index (χ2n) is 5.08. The first-order valence-corrected chi connectivity index (χ1v) is 6.19. The second-order valence-corrected chi connectivity index (χ2v) is 5.08. The van der Waals surface area contributed by atoms with E-state index in [0.29, 0.717) is 6.04 Å². The number of benzene rings is 1. The maximum Gasteiger partial charge on any atom is 0.0139 e. The van der Waals surface area contributed by atoms with Gasteiger partial charge in [-0.3, -0.25) is 0 Å². The standard InChI is InChI=1S/C14H22N2/c1-11(15)10-16(2)14-8-7-12-5-3-4-6-13(12)9-14/h3-6,11,14H,7-10,15H2,1-2H3. The minimum Gasteiger partial charge on any atom is -0.327 e. The van der Waals surface area contributed by atoms with Crippen LogP contribution < -0.4 is 5.73 Å². The summed E-state index contributed by atoms with van der Waals surface area (Å²) in [5, 5.41) is 0. The number of likely N-dealkylation sites (N-methyl/N-ethyl adjacent to an activating group) is 1. The molecule has 1 aromatic carbocycles. The molecule has 0 heterocycles. The van der Waals surface area contributed by atoms with E-state index >= 15 is 0 Å². The largest absolute Gasteiger partial charge is 0.327 e. The van der Waals surface area contributed by atoms with Crippen LogP contribution in [0.25, 0.3) is 0 Å². The van der Waals surface area contributed by atoms with E-state index in [0.717, 1.165) is 6.54 Å². The highest BCUT2D eigenvalue weighted by molar-refractivity contribution is 5.30. The zero-order valence-corrected chi connectivity index (χ0v) is 10.3. The third-order valence-corrected chi connectivity index (χ3v) is 3.52. The smallest absolute Gasteiger partial charge is 0.0139 e. The molecule has 2 N–H and O–H groups in total. The zero-order valence-electron chi connectivity index (χ0n) is 10.3. The Morgan fingerprint density at radius 1 is 1.38 bits per heavy atom.